The zero-order valence-electron chi connectivity index (χ0n) is 9.60. The van der Waals surface area contributed by atoms with E-state index in [4.69, 9.17) is 11.6 Å². The third-order valence-corrected chi connectivity index (χ3v) is 2.57. The smallest absolute Gasteiger partial charge is 0.149 e. The summed E-state index contributed by atoms with van der Waals surface area (Å²) >= 11 is 5.77. The van der Waals surface area contributed by atoms with E-state index >= 15 is 0 Å². The first-order chi connectivity index (χ1) is 8.24. The van der Waals surface area contributed by atoms with Gasteiger partial charge in [-0.1, -0.05) is 41.9 Å². The Morgan fingerprint density at radius 1 is 1.24 bits per heavy atom. The van der Waals surface area contributed by atoms with Crippen molar-refractivity contribution in [3.63, 3.8) is 0 Å². The van der Waals surface area contributed by atoms with Crippen LogP contribution < -0.4 is 5.32 Å². The summed E-state index contributed by atoms with van der Waals surface area (Å²) in [4.78, 5) is 8.13. The molecule has 17 heavy (non-hydrogen) atoms. The van der Waals surface area contributed by atoms with E-state index in [9.17, 15) is 0 Å². The summed E-state index contributed by atoms with van der Waals surface area (Å²) in [6, 6.07) is 10.6. The second-order valence-corrected chi connectivity index (χ2v) is 4.35. The average Bonchev–Trinajstić information content (AvgIpc) is 2.30. The van der Waals surface area contributed by atoms with Crippen molar-refractivity contribution in [3.05, 3.63) is 53.4 Å². The molecular weight excluding hydrogens is 234 g/mol. The SMILES string of the molecule is CC(Cc1ccccc1)Nc1cncc(Cl)n1. The molecule has 1 aromatic heterocycles. The van der Waals surface area contributed by atoms with Crippen LogP contribution in [0.25, 0.3) is 0 Å². The van der Waals surface area contributed by atoms with Crippen molar-refractivity contribution in [1.82, 2.24) is 9.97 Å². The lowest BCUT2D eigenvalue weighted by Gasteiger charge is -2.14. The number of halogens is 1. The van der Waals surface area contributed by atoms with Gasteiger partial charge >= 0.3 is 0 Å². The molecule has 0 aliphatic heterocycles. The van der Waals surface area contributed by atoms with Crippen molar-refractivity contribution in [1.29, 1.82) is 0 Å². The highest BCUT2D eigenvalue weighted by molar-refractivity contribution is 6.29. The first-order valence-electron chi connectivity index (χ1n) is 5.52. The zero-order valence-corrected chi connectivity index (χ0v) is 10.4. The summed E-state index contributed by atoms with van der Waals surface area (Å²) in [7, 11) is 0. The first-order valence-corrected chi connectivity index (χ1v) is 5.90. The van der Waals surface area contributed by atoms with Crippen molar-refractivity contribution in [2.45, 2.75) is 19.4 Å². The number of anilines is 1. The number of hydrogen-bond acceptors (Lipinski definition) is 3. The van der Waals surface area contributed by atoms with E-state index in [-0.39, 0.29) is 6.04 Å². The first kappa shape index (κ1) is 11.9. The van der Waals surface area contributed by atoms with Gasteiger partial charge in [-0.05, 0) is 18.9 Å². The Hall–Kier alpha value is -1.61. The zero-order chi connectivity index (χ0) is 12.1. The van der Waals surface area contributed by atoms with Crippen molar-refractivity contribution in [3.8, 4) is 0 Å². The topological polar surface area (TPSA) is 37.8 Å². The van der Waals surface area contributed by atoms with Gasteiger partial charge < -0.3 is 5.32 Å². The molecule has 0 fully saturated rings. The van der Waals surface area contributed by atoms with E-state index in [0.717, 1.165) is 6.42 Å². The van der Waals surface area contributed by atoms with Crippen LogP contribution in [0.5, 0.6) is 0 Å². The molecule has 1 atom stereocenters. The fourth-order valence-electron chi connectivity index (χ4n) is 1.68. The molecule has 0 spiro atoms. The van der Waals surface area contributed by atoms with Gasteiger partial charge in [-0.15, -0.1) is 0 Å². The minimum atomic E-state index is 0.283. The summed E-state index contributed by atoms with van der Waals surface area (Å²) in [5.74, 6) is 0.709. The minimum Gasteiger partial charge on any atom is -0.366 e. The minimum absolute atomic E-state index is 0.283. The maximum atomic E-state index is 5.77. The van der Waals surface area contributed by atoms with Gasteiger partial charge in [0.15, 0.2) is 0 Å². The van der Waals surface area contributed by atoms with Crippen LogP contribution in [0.3, 0.4) is 0 Å². The monoisotopic (exact) mass is 247 g/mol. The van der Waals surface area contributed by atoms with Gasteiger partial charge in [-0.25, -0.2) is 4.98 Å². The number of rotatable bonds is 4. The van der Waals surface area contributed by atoms with Crippen LogP contribution >= 0.6 is 11.6 Å². The maximum absolute atomic E-state index is 5.77. The van der Waals surface area contributed by atoms with E-state index < -0.39 is 0 Å². The highest BCUT2D eigenvalue weighted by atomic mass is 35.5. The fourth-order valence-corrected chi connectivity index (χ4v) is 1.83. The number of nitrogens with one attached hydrogen (secondary N) is 1. The normalized spacial score (nSPS) is 12.1. The molecule has 0 amide bonds. The number of hydrogen-bond donors (Lipinski definition) is 1. The molecule has 1 heterocycles. The Bertz CT molecular complexity index is 473. The Morgan fingerprint density at radius 3 is 2.71 bits per heavy atom. The van der Waals surface area contributed by atoms with Crippen LogP contribution in [0, 0.1) is 0 Å². The van der Waals surface area contributed by atoms with Crippen LogP contribution in [0.1, 0.15) is 12.5 Å². The molecule has 0 aliphatic carbocycles. The van der Waals surface area contributed by atoms with E-state index in [2.05, 4.69) is 34.3 Å². The second kappa shape index (κ2) is 5.64. The third kappa shape index (κ3) is 3.71. The highest BCUT2D eigenvalue weighted by Gasteiger charge is 2.04. The molecule has 1 aromatic carbocycles. The van der Waals surface area contributed by atoms with Crippen molar-refractivity contribution >= 4 is 17.4 Å². The molecule has 0 aliphatic rings. The maximum Gasteiger partial charge on any atom is 0.149 e. The molecule has 0 radical (unpaired) electrons. The highest BCUT2D eigenvalue weighted by Crippen LogP contribution is 2.10. The van der Waals surface area contributed by atoms with Gasteiger partial charge in [-0.3, -0.25) is 4.98 Å². The van der Waals surface area contributed by atoms with Crippen molar-refractivity contribution < 1.29 is 0 Å². The molecule has 2 aromatic rings. The van der Waals surface area contributed by atoms with Gasteiger partial charge in [0, 0.05) is 6.04 Å². The average molecular weight is 248 g/mol. The molecule has 88 valence electrons. The van der Waals surface area contributed by atoms with Crippen LogP contribution in [-0.2, 0) is 6.42 Å². The van der Waals surface area contributed by atoms with Crippen LogP contribution in [-0.4, -0.2) is 16.0 Å². The predicted molar refractivity (Wildman–Crippen MR) is 70.3 cm³/mol. The molecule has 0 saturated carbocycles. The summed E-state index contributed by atoms with van der Waals surface area (Å²) in [6.45, 7) is 2.11. The number of nitrogens with zero attached hydrogens (tertiary/aromatic N) is 2. The molecule has 0 bridgehead atoms. The van der Waals surface area contributed by atoms with Gasteiger partial charge in [0.25, 0.3) is 0 Å². The Balaban J connectivity index is 1.96. The van der Waals surface area contributed by atoms with E-state index in [1.54, 1.807) is 6.20 Å². The lowest BCUT2D eigenvalue weighted by atomic mass is 10.1. The van der Waals surface area contributed by atoms with Gasteiger partial charge in [-0.2, -0.15) is 0 Å². The fraction of sp³-hybridized carbons (Fsp3) is 0.231. The van der Waals surface area contributed by atoms with Gasteiger partial charge in [0.05, 0.1) is 12.4 Å². The lowest BCUT2D eigenvalue weighted by molar-refractivity contribution is 0.783. The molecule has 0 saturated heterocycles. The van der Waals surface area contributed by atoms with E-state index in [1.165, 1.54) is 11.8 Å². The summed E-state index contributed by atoms with van der Waals surface area (Å²) < 4.78 is 0. The number of benzene rings is 1. The predicted octanol–water partition coefficient (Wildman–Crippen LogP) is 3.17. The molecule has 1 N–H and O–H groups in total. The summed E-state index contributed by atoms with van der Waals surface area (Å²) in [5.41, 5.74) is 1.29. The third-order valence-electron chi connectivity index (χ3n) is 2.38. The molecule has 3 nitrogen and oxygen atoms in total. The van der Waals surface area contributed by atoms with Crippen LogP contribution in [0.15, 0.2) is 42.7 Å². The van der Waals surface area contributed by atoms with E-state index in [0.29, 0.717) is 11.0 Å². The summed E-state index contributed by atoms with van der Waals surface area (Å²) in [5, 5.41) is 3.68. The Morgan fingerprint density at radius 2 is 2.00 bits per heavy atom. The van der Waals surface area contributed by atoms with Gasteiger partial charge in [0.1, 0.15) is 11.0 Å². The molecule has 1 unspecified atom stereocenters. The molecule has 2 rings (SSSR count). The Labute approximate surface area is 106 Å². The number of aromatic nitrogens is 2. The Kier molecular flexibility index (Phi) is 3.94. The second-order valence-electron chi connectivity index (χ2n) is 3.96. The van der Waals surface area contributed by atoms with Gasteiger partial charge in [0.2, 0.25) is 0 Å². The van der Waals surface area contributed by atoms with Crippen LogP contribution in [0.2, 0.25) is 5.15 Å². The quantitative estimate of drug-likeness (QED) is 0.902. The summed E-state index contributed by atoms with van der Waals surface area (Å²) in [6.07, 6.45) is 4.14. The van der Waals surface area contributed by atoms with Crippen LogP contribution in [0.4, 0.5) is 5.82 Å². The van der Waals surface area contributed by atoms with E-state index in [1.807, 2.05) is 18.2 Å². The largest absolute Gasteiger partial charge is 0.366 e. The van der Waals surface area contributed by atoms with Crippen molar-refractivity contribution in [2.75, 3.05) is 5.32 Å². The standard InChI is InChI=1S/C13H14ClN3/c1-10(7-11-5-3-2-4-6-11)16-13-9-15-8-12(14)17-13/h2-6,8-10H,7H2,1H3,(H,16,17). The lowest BCUT2D eigenvalue weighted by Crippen LogP contribution is -2.18. The van der Waals surface area contributed by atoms with Crippen molar-refractivity contribution in [2.24, 2.45) is 0 Å². The molecular formula is C13H14ClN3. The molecule has 4 heteroatoms.